The standard InChI is InChI=1S/C12H17NS2/c1-8-9(2)13-10(3)11(5-4-6-14)7-15-12(8)13/h4-5,8,12,14H,2,6-7H2,1,3H3/b5-4+. The molecule has 1 saturated heterocycles. The van der Waals surface area contributed by atoms with Crippen molar-refractivity contribution >= 4 is 24.4 Å². The second-order valence-electron chi connectivity index (χ2n) is 4.05. The zero-order valence-electron chi connectivity index (χ0n) is 9.23. The van der Waals surface area contributed by atoms with Gasteiger partial charge in [-0.3, -0.25) is 0 Å². The Hall–Kier alpha value is -0.280. The second kappa shape index (κ2) is 4.30. The molecule has 0 aliphatic carbocycles. The van der Waals surface area contributed by atoms with E-state index in [0.29, 0.717) is 11.3 Å². The first-order chi connectivity index (χ1) is 7.16. The fourth-order valence-corrected chi connectivity index (χ4v) is 3.76. The van der Waals surface area contributed by atoms with E-state index in [9.17, 15) is 0 Å². The number of fused-ring (bicyclic) bond motifs is 1. The molecule has 1 nitrogen and oxygen atoms in total. The van der Waals surface area contributed by atoms with E-state index in [2.05, 4.69) is 50.1 Å². The van der Waals surface area contributed by atoms with Crippen molar-refractivity contribution in [3.8, 4) is 0 Å². The average Bonchev–Trinajstić information content (AvgIpc) is 2.26. The van der Waals surface area contributed by atoms with Gasteiger partial charge in [0.05, 0.1) is 5.37 Å². The van der Waals surface area contributed by atoms with Crippen molar-refractivity contribution in [3.05, 3.63) is 35.7 Å². The first-order valence-electron chi connectivity index (χ1n) is 5.23. The van der Waals surface area contributed by atoms with Crippen LogP contribution < -0.4 is 0 Å². The normalized spacial score (nSPS) is 30.9. The van der Waals surface area contributed by atoms with Gasteiger partial charge in [0.25, 0.3) is 0 Å². The van der Waals surface area contributed by atoms with Crippen LogP contribution in [0, 0.1) is 5.92 Å². The van der Waals surface area contributed by atoms with Crippen LogP contribution in [0.25, 0.3) is 0 Å². The van der Waals surface area contributed by atoms with Crippen LogP contribution in [0.5, 0.6) is 0 Å². The van der Waals surface area contributed by atoms with Gasteiger partial charge in [-0.05, 0) is 12.5 Å². The summed E-state index contributed by atoms with van der Waals surface area (Å²) in [6.45, 7) is 8.59. The van der Waals surface area contributed by atoms with Gasteiger partial charge < -0.3 is 4.90 Å². The maximum atomic E-state index is 4.19. The van der Waals surface area contributed by atoms with Crippen molar-refractivity contribution < 1.29 is 0 Å². The first-order valence-corrected chi connectivity index (χ1v) is 6.91. The molecule has 15 heavy (non-hydrogen) atoms. The van der Waals surface area contributed by atoms with Crippen LogP contribution in [0.1, 0.15) is 13.8 Å². The van der Waals surface area contributed by atoms with Gasteiger partial charge in [-0.15, -0.1) is 11.8 Å². The topological polar surface area (TPSA) is 3.24 Å². The smallest absolute Gasteiger partial charge is 0.0876 e. The van der Waals surface area contributed by atoms with Gasteiger partial charge in [0.2, 0.25) is 0 Å². The Morgan fingerprint density at radius 1 is 1.67 bits per heavy atom. The molecule has 0 aromatic heterocycles. The summed E-state index contributed by atoms with van der Waals surface area (Å²) in [6, 6.07) is 0. The monoisotopic (exact) mass is 239 g/mol. The number of allylic oxidation sites excluding steroid dienone is 2. The Labute approximate surface area is 102 Å². The summed E-state index contributed by atoms with van der Waals surface area (Å²) in [5, 5.41) is 0.630. The van der Waals surface area contributed by atoms with Crippen molar-refractivity contribution in [2.24, 2.45) is 5.92 Å². The molecule has 0 amide bonds. The molecule has 0 aromatic carbocycles. The van der Waals surface area contributed by atoms with E-state index in [-0.39, 0.29) is 0 Å². The Morgan fingerprint density at radius 3 is 3.07 bits per heavy atom. The summed E-state index contributed by atoms with van der Waals surface area (Å²) in [5.74, 6) is 2.57. The molecule has 2 aliphatic rings. The number of hydrogen-bond donors (Lipinski definition) is 1. The van der Waals surface area contributed by atoms with Crippen molar-refractivity contribution in [2.75, 3.05) is 11.5 Å². The van der Waals surface area contributed by atoms with Gasteiger partial charge in [-0.1, -0.05) is 25.7 Å². The van der Waals surface area contributed by atoms with Crippen LogP contribution >= 0.6 is 24.4 Å². The molecule has 2 heterocycles. The van der Waals surface area contributed by atoms with Crippen molar-refractivity contribution in [2.45, 2.75) is 19.2 Å². The highest BCUT2D eigenvalue weighted by atomic mass is 32.2. The van der Waals surface area contributed by atoms with E-state index in [0.717, 1.165) is 11.5 Å². The third kappa shape index (κ3) is 1.76. The number of hydrogen-bond acceptors (Lipinski definition) is 3. The summed E-state index contributed by atoms with van der Waals surface area (Å²) < 4.78 is 0. The molecule has 2 rings (SSSR count). The molecule has 0 N–H and O–H groups in total. The fraction of sp³-hybridized carbons (Fsp3) is 0.500. The van der Waals surface area contributed by atoms with E-state index in [1.807, 2.05) is 11.8 Å². The molecule has 2 aliphatic heterocycles. The fourth-order valence-electron chi connectivity index (χ4n) is 2.11. The minimum Gasteiger partial charge on any atom is -0.336 e. The highest BCUT2D eigenvalue weighted by Crippen LogP contribution is 2.48. The van der Waals surface area contributed by atoms with Crippen molar-refractivity contribution in [1.29, 1.82) is 0 Å². The van der Waals surface area contributed by atoms with Gasteiger partial charge >= 0.3 is 0 Å². The van der Waals surface area contributed by atoms with Crippen LogP contribution in [0.15, 0.2) is 35.7 Å². The number of rotatable bonds is 2. The molecule has 3 heteroatoms. The molecule has 0 spiro atoms. The van der Waals surface area contributed by atoms with E-state index < -0.39 is 0 Å². The first kappa shape index (κ1) is 11.2. The predicted octanol–water partition coefficient (Wildman–Crippen LogP) is 3.28. The van der Waals surface area contributed by atoms with Crippen LogP contribution in [0.4, 0.5) is 0 Å². The molecule has 0 aromatic rings. The van der Waals surface area contributed by atoms with Crippen molar-refractivity contribution in [1.82, 2.24) is 4.90 Å². The highest BCUT2D eigenvalue weighted by molar-refractivity contribution is 8.00. The Morgan fingerprint density at radius 2 is 2.40 bits per heavy atom. The average molecular weight is 239 g/mol. The summed E-state index contributed by atoms with van der Waals surface area (Å²) >= 11 is 6.21. The summed E-state index contributed by atoms with van der Waals surface area (Å²) in [5.41, 5.74) is 4.06. The maximum absolute atomic E-state index is 4.19. The quantitative estimate of drug-likeness (QED) is 0.737. The van der Waals surface area contributed by atoms with Gasteiger partial charge in [-0.25, -0.2) is 0 Å². The summed E-state index contributed by atoms with van der Waals surface area (Å²) in [4.78, 5) is 2.37. The molecule has 0 radical (unpaired) electrons. The van der Waals surface area contributed by atoms with E-state index >= 15 is 0 Å². The third-order valence-corrected chi connectivity index (χ3v) is 4.83. The third-order valence-electron chi connectivity index (χ3n) is 3.18. The molecule has 1 fully saturated rings. The minimum atomic E-state index is 0.630. The van der Waals surface area contributed by atoms with Crippen molar-refractivity contribution in [3.63, 3.8) is 0 Å². The lowest BCUT2D eigenvalue weighted by molar-refractivity contribution is 0.207. The Kier molecular flexibility index (Phi) is 3.21. The zero-order chi connectivity index (χ0) is 11.0. The molecule has 0 saturated carbocycles. The zero-order valence-corrected chi connectivity index (χ0v) is 10.9. The SMILES string of the molecule is C=C1C(C)C2SCC(/C=C/CS)=C(C)N12. The molecule has 2 unspecified atom stereocenters. The minimum absolute atomic E-state index is 0.630. The maximum Gasteiger partial charge on any atom is 0.0876 e. The molecule has 0 bridgehead atoms. The van der Waals surface area contributed by atoms with Crippen LogP contribution in [0.2, 0.25) is 0 Å². The van der Waals surface area contributed by atoms with Crippen LogP contribution in [-0.4, -0.2) is 21.8 Å². The molecule has 82 valence electrons. The summed E-state index contributed by atoms with van der Waals surface area (Å²) in [7, 11) is 0. The number of thioether (sulfide) groups is 1. The van der Waals surface area contributed by atoms with Gasteiger partial charge in [0.1, 0.15) is 0 Å². The predicted molar refractivity (Wildman–Crippen MR) is 72.1 cm³/mol. The van der Waals surface area contributed by atoms with E-state index in [1.54, 1.807) is 0 Å². The lowest BCUT2D eigenvalue weighted by atomic mass is 9.95. The summed E-state index contributed by atoms with van der Waals surface area (Å²) in [6.07, 6.45) is 4.30. The van der Waals surface area contributed by atoms with Gasteiger partial charge in [-0.2, -0.15) is 12.6 Å². The van der Waals surface area contributed by atoms with E-state index in [4.69, 9.17) is 0 Å². The van der Waals surface area contributed by atoms with Gasteiger partial charge in [0.15, 0.2) is 0 Å². The van der Waals surface area contributed by atoms with Crippen LogP contribution in [-0.2, 0) is 0 Å². The lowest BCUT2D eigenvalue weighted by Crippen LogP contribution is -2.51. The molecule has 2 atom stereocenters. The lowest BCUT2D eigenvalue weighted by Gasteiger charge is -2.53. The van der Waals surface area contributed by atoms with Crippen LogP contribution in [0.3, 0.4) is 0 Å². The molecular formula is C12H17NS2. The van der Waals surface area contributed by atoms with Gasteiger partial charge in [0, 0.05) is 28.8 Å². The largest absolute Gasteiger partial charge is 0.336 e. The Balaban J connectivity index is 2.21. The number of thiol groups is 1. The number of nitrogens with zero attached hydrogens (tertiary/aromatic N) is 1. The van der Waals surface area contributed by atoms with E-state index in [1.165, 1.54) is 17.0 Å². The highest BCUT2D eigenvalue weighted by Gasteiger charge is 2.42. The second-order valence-corrected chi connectivity index (χ2v) is 5.52. The molecular weight excluding hydrogens is 222 g/mol. The Bertz CT molecular complexity index is 344.